The minimum atomic E-state index is -0.116. The van der Waals surface area contributed by atoms with Crippen LogP contribution >= 0.6 is 0 Å². The van der Waals surface area contributed by atoms with Gasteiger partial charge < -0.3 is 10.2 Å². The van der Waals surface area contributed by atoms with Gasteiger partial charge in [0, 0.05) is 25.8 Å². The summed E-state index contributed by atoms with van der Waals surface area (Å²) in [7, 11) is 0. The average molecular weight is 341 g/mol. The molecule has 1 saturated heterocycles. The smallest absolute Gasteiger partial charge is 0.269 e. The first-order valence-corrected chi connectivity index (χ1v) is 9.09. The van der Waals surface area contributed by atoms with E-state index in [2.05, 4.69) is 39.2 Å². The van der Waals surface area contributed by atoms with E-state index in [4.69, 9.17) is 0 Å². The molecule has 1 amide bonds. The number of rotatable bonds is 6. The molecule has 0 unspecified atom stereocenters. The van der Waals surface area contributed by atoms with Gasteiger partial charge in [-0.2, -0.15) is 5.10 Å². The number of hydrogen-bond donors (Lipinski definition) is 2. The Morgan fingerprint density at radius 3 is 2.80 bits per heavy atom. The molecule has 0 radical (unpaired) electrons. The van der Waals surface area contributed by atoms with Crippen LogP contribution in [0.2, 0.25) is 0 Å². The van der Waals surface area contributed by atoms with E-state index in [9.17, 15) is 4.79 Å². The number of nitrogens with zero attached hydrogens (tertiary/aromatic N) is 3. The molecule has 1 aliphatic heterocycles. The molecule has 1 fully saturated rings. The number of nitrogens with one attached hydrogen (secondary N) is 2. The molecule has 1 aliphatic rings. The van der Waals surface area contributed by atoms with E-state index in [0.717, 1.165) is 30.5 Å². The highest BCUT2D eigenvalue weighted by Crippen LogP contribution is 2.20. The van der Waals surface area contributed by atoms with Crippen LogP contribution in [-0.2, 0) is 0 Å². The summed E-state index contributed by atoms with van der Waals surface area (Å²) in [6.45, 7) is 8.70. The van der Waals surface area contributed by atoms with Crippen LogP contribution in [0.1, 0.15) is 37.2 Å². The van der Waals surface area contributed by atoms with Crippen molar-refractivity contribution in [2.75, 3.05) is 26.2 Å². The van der Waals surface area contributed by atoms with E-state index in [-0.39, 0.29) is 5.91 Å². The third-order valence-corrected chi connectivity index (χ3v) is 4.63. The minimum Gasteiger partial charge on any atom is -0.351 e. The maximum absolute atomic E-state index is 12.2. The maximum Gasteiger partial charge on any atom is 0.269 e. The van der Waals surface area contributed by atoms with Gasteiger partial charge >= 0.3 is 0 Å². The highest BCUT2D eigenvalue weighted by atomic mass is 16.1. The first-order chi connectivity index (χ1) is 12.1. The normalized spacial score (nSPS) is 21.2. The molecule has 0 aromatic carbocycles. The molecule has 0 saturated carbocycles. The number of pyridine rings is 1. The van der Waals surface area contributed by atoms with Gasteiger partial charge in [-0.15, -0.1) is 0 Å². The van der Waals surface area contributed by atoms with Crippen LogP contribution in [-0.4, -0.2) is 52.2 Å². The number of amides is 1. The molecule has 0 spiro atoms. The van der Waals surface area contributed by atoms with Gasteiger partial charge in [-0.25, -0.2) is 0 Å². The van der Waals surface area contributed by atoms with Crippen LogP contribution in [0.25, 0.3) is 11.4 Å². The van der Waals surface area contributed by atoms with Gasteiger partial charge in [0.2, 0.25) is 0 Å². The number of carbonyl (C=O) groups excluding carboxylic acids is 1. The summed E-state index contributed by atoms with van der Waals surface area (Å²) in [6, 6.07) is 7.37. The van der Waals surface area contributed by atoms with Crippen molar-refractivity contribution in [2.45, 2.75) is 26.7 Å². The van der Waals surface area contributed by atoms with E-state index in [0.29, 0.717) is 17.9 Å². The fourth-order valence-electron chi connectivity index (χ4n) is 3.66. The molecule has 3 heterocycles. The Labute approximate surface area is 149 Å². The van der Waals surface area contributed by atoms with Gasteiger partial charge in [0.05, 0.1) is 5.69 Å². The lowest BCUT2D eigenvalue weighted by Crippen LogP contribution is -2.40. The van der Waals surface area contributed by atoms with Crippen LogP contribution in [0.5, 0.6) is 0 Å². The van der Waals surface area contributed by atoms with Gasteiger partial charge in [0.1, 0.15) is 11.4 Å². The SMILES string of the molecule is C[C@H]1C[C@H](C)CN(CCCNC(=O)c2cc(-c3ccccn3)n[nH]2)C1. The van der Waals surface area contributed by atoms with Crippen molar-refractivity contribution in [1.82, 2.24) is 25.4 Å². The second-order valence-electron chi connectivity index (χ2n) is 7.20. The van der Waals surface area contributed by atoms with E-state index < -0.39 is 0 Å². The highest BCUT2D eigenvalue weighted by molar-refractivity contribution is 5.93. The average Bonchev–Trinajstić information content (AvgIpc) is 3.09. The summed E-state index contributed by atoms with van der Waals surface area (Å²) in [5.41, 5.74) is 1.91. The molecule has 2 aromatic rings. The zero-order valence-corrected chi connectivity index (χ0v) is 15.0. The zero-order valence-electron chi connectivity index (χ0n) is 15.0. The molecule has 6 heteroatoms. The van der Waals surface area contributed by atoms with E-state index in [1.165, 1.54) is 19.5 Å². The summed E-state index contributed by atoms with van der Waals surface area (Å²) in [4.78, 5) is 19.0. The fraction of sp³-hybridized carbons (Fsp3) is 0.526. The highest BCUT2D eigenvalue weighted by Gasteiger charge is 2.21. The standard InChI is InChI=1S/C19H27N5O/c1-14-10-15(2)13-24(12-14)9-5-8-21-19(25)18-11-17(22-23-18)16-6-3-4-7-20-16/h3-4,6-7,11,14-15H,5,8-10,12-13H2,1-2H3,(H,21,25)(H,22,23)/t14-,15-/m0/s1. The predicted octanol–water partition coefficient (Wildman–Crippen LogP) is 2.57. The van der Waals surface area contributed by atoms with Gasteiger partial charge in [-0.3, -0.25) is 14.9 Å². The number of aromatic nitrogens is 3. The van der Waals surface area contributed by atoms with Crippen LogP contribution in [0.3, 0.4) is 0 Å². The van der Waals surface area contributed by atoms with Crippen molar-refractivity contribution in [3.63, 3.8) is 0 Å². The Balaban J connectivity index is 1.43. The van der Waals surface area contributed by atoms with Crippen molar-refractivity contribution in [3.8, 4) is 11.4 Å². The van der Waals surface area contributed by atoms with Gasteiger partial charge in [-0.1, -0.05) is 19.9 Å². The number of aromatic amines is 1. The Kier molecular flexibility index (Phi) is 5.81. The quantitative estimate of drug-likeness (QED) is 0.792. The van der Waals surface area contributed by atoms with Gasteiger partial charge in [0.15, 0.2) is 0 Å². The minimum absolute atomic E-state index is 0.116. The summed E-state index contributed by atoms with van der Waals surface area (Å²) in [6.07, 6.45) is 4.00. The molecule has 2 atom stereocenters. The number of piperidine rings is 1. The first kappa shape index (κ1) is 17.6. The first-order valence-electron chi connectivity index (χ1n) is 9.09. The van der Waals surface area contributed by atoms with Crippen molar-refractivity contribution >= 4 is 5.91 Å². The zero-order chi connectivity index (χ0) is 17.6. The van der Waals surface area contributed by atoms with Gasteiger partial charge in [-0.05, 0) is 49.4 Å². The molecule has 6 nitrogen and oxygen atoms in total. The third kappa shape index (κ3) is 4.89. The Hall–Kier alpha value is -2.21. The van der Waals surface area contributed by atoms with Crippen LogP contribution in [0, 0.1) is 11.8 Å². The molecule has 0 bridgehead atoms. The summed E-state index contributed by atoms with van der Waals surface area (Å²) < 4.78 is 0. The van der Waals surface area contributed by atoms with Crippen molar-refractivity contribution < 1.29 is 4.79 Å². The Morgan fingerprint density at radius 1 is 1.28 bits per heavy atom. The van der Waals surface area contributed by atoms with E-state index >= 15 is 0 Å². The molecular weight excluding hydrogens is 314 g/mol. The van der Waals surface area contributed by atoms with Gasteiger partial charge in [0.25, 0.3) is 5.91 Å². The topological polar surface area (TPSA) is 73.9 Å². The summed E-state index contributed by atoms with van der Waals surface area (Å²) >= 11 is 0. The van der Waals surface area contributed by atoms with Crippen LogP contribution in [0.4, 0.5) is 0 Å². The van der Waals surface area contributed by atoms with E-state index in [1.807, 2.05) is 18.2 Å². The molecule has 3 rings (SSSR count). The predicted molar refractivity (Wildman–Crippen MR) is 98.2 cm³/mol. The van der Waals surface area contributed by atoms with Crippen LogP contribution < -0.4 is 5.32 Å². The second kappa shape index (κ2) is 8.25. The maximum atomic E-state index is 12.2. The number of carbonyl (C=O) groups is 1. The number of H-pyrrole nitrogens is 1. The lowest BCUT2D eigenvalue weighted by molar-refractivity contribution is 0.0942. The number of likely N-dealkylation sites (tertiary alicyclic amines) is 1. The molecule has 134 valence electrons. The lowest BCUT2D eigenvalue weighted by atomic mass is 9.92. The lowest BCUT2D eigenvalue weighted by Gasteiger charge is -2.34. The van der Waals surface area contributed by atoms with Crippen LogP contribution in [0.15, 0.2) is 30.5 Å². The monoisotopic (exact) mass is 341 g/mol. The summed E-state index contributed by atoms with van der Waals surface area (Å²) in [5, 5.41) is 9.93. The largest absolute Gasteiger partial charge is 0.351 e. The molecular formula is C19H27N5O. The Bertz CT molecular complexity index is 674. The molecule has 2 aromatic heterocycles. The third-order valence-electron chi connectivity index (χ3n) is 4.63. The molecule has 0 aliphatic carbocycles. The van der Waals surface area contributed by atoms with E-state index in [1.54, 1.807) is 12.3 Å². The fourth-order valence-corrected chi connectivity index (χ4v) is 3.66. The molecule has 2 N–H and O–H groups in total. The Morgan fingerprint density at radius 2 is 2.08 bits per heavy atom. The summed E-state index contributed by atoms with van der Waals surface area (Å²) in [5.74, 6) is 1.43. The molecule has 25 heavy (non-hydrogen) atoms. The van der Waals surface area contributed by atoms with Crippen molar-refractivity contribution in [1.29, 1.82) is 0 Å². The second-order valence-corrected chi connectivity index (χ2v) is 7.20. The van der Waals surface area contributed by atoms with Crippen molar-refractivity contribution in [3.05, 3.63) is 36.2 Å². The van der Waals surface area contributed by atoms with Crippen molar-refractivity contribution in [2.24, 2.45) is 11.8 Å². The number of hydrogen-bond acceptors (Lipinski definition) is 4.